The smallest absolute Gasteiger partial charge is 0.276 e. The van der Waals surface area contributed by atoms with Crippen molar-refractivity contribution in [3.05, 3.63) is 11.4 Å². The zero-order valence-corrected chi connectivity index (χ0v) is 17.8. The molecular formula is C21H34ClN5O. The topological polar surface area (TPSA) is 63.1 Å². The largest absolute Gasteiger partial charge is 0.334 e. The molecule has 0 radical (unpaired) electrons. The number of likely N-dealkylation sites (tertiary alicyclic amines) is 1. The maximum Gasteiger partial charge on any atom is 0.276 e. The summed E-state index contributed by atoms with van der Waals surface area (Å²) in [6.07, 6.45) is 11.4. The third kappa shape index (κ3) is 3.58. The van der Waals surface area contributed by atoms with Crippen molar-refractivity contribution in [3.63, 3.8) is 0 Å². The van der Waals surface area contributed by atoms with Gasteiger partial charge in [0.25, 0.3) is 5.91 Å². The summed E-state index contributed by atoms with van der Waals surface area (Å²) in [5, 5.41) is 12.1. The Balaban J connectivity index is 0.00000192. The van der Waals surface area contributed by atoms with Crippen molar-refractivity contribution in [2.24, 2.45) is 17.8 Å². The lowest BCUT2D eigenvalue weighted by atomic mass is 9.83. The summed E-state index contributed by atoms with van der Waals surface area (Å²) >= 11 is 0. The molecular weight excluding hydrogens is 374 g/mol. The van der Waals surface area contributed by atoms with Gasteiger partial charge in [-0.05, 0) is 89.1 Å². The van der Waals surface area contributed by atoms with E-state index in [2.05, 4.69) is 20.5 Å². The second kappa shape index (κ2) is 8.31. The van der Waals surface area contributed by atoms with Gasteiger partial charge in [0.1, 0.15) is 0 Å². The highest BCUT2D eigenvalue weighted by atomic mass is 35.5. The first-order valence-corrected chi connectivity index (χ1v) is 11.1. The maximum atomic E-state index is 13.3. The summed E-state index contributed by atoms with van der Waals surface area (Å²) in [5.41, 5.74) is 1.55. The second-order valence-corrected chi connectivity index (χ2v) is 9.41. The van der Waals surface area contributed by atoms with Crippen molar-refractivity contribution in [1.29, 1.82) is 0 Å². The zero-order chi connectivity index (χ0) is 18.4. The molecule has 5 rings (SSSR count). The van der Waals surface area contributed by atoms with E-state index in [-0.39, 0.29) is 18.3 Å². The van der Waals surface area contributed by atoms with Crippen LogP contribution in [0, 0.1) is 24.7 Å². The van der Waals surface area contributed by atoms with Crippen molar-refractivity contribution in [3.8, 4) is 0 Å². The number of fused-ring (bicyclic) bond motifs is 2. The molecule has 0 spiro atoms. The average molecular weight is 408 g/mol. The molecule has 2 saturated heterocycles. The molecule has 0 aromatic carbocycles. The number of hydrogen-bond donors (Lipinski definition) is 1. The molecule has 28 heavy (non-hydrogen) atoms. The number of rotatable bonds is 4. The number of amides is 1. The first-order valence-electron chi connectivity index (χ1n) is 11.1. The van der Waals surface area contributed by atoms with E-state index in [1.807, 2.05) is 11.6 Å². The van der Waals surface area contributed by atoms with Crippen LogP contribution in [-0.4, -0.2) is 51.5 Å². The molecule has 1 amide bonds. The van der Waals surface area contributed by atoms with Crippen LogP contribution in [0.15, 0.2) is 0 Å². The standard InChI is InChI=1S/C21H33N5O.ClH/c1-14-20(23-24-26(14)18-6-8-22-9-7-18)21(27)25-10-2-3-19(25)13-17-12-15-4-5-16(17)11-15;/h15-19,22H,2-13H2,1H3;1H. The van der Waals surface area contributed by atoms with Gasteiger partial charge >= 0.3 is 0 Å². The van der Waals surface area contributed by atoms with Gasteiger partial charge in [-0.2, -0.15) is 0 Å². The maximum absolute atomic E-state index is 13.3. The van der Waals surface area contributed by atoms with Crippen LogP contribution < -0.4 is 5.32 Å². The Morgan fingerprint density at radius 2 is 1.96 bits per heavy atom. The quantitative estimate of drug-likeness (QED) is 0.831. The third-order valence-corrected chi connectivity index (χ3v) is 7.88. The predicted molar refractivity (Wildman–Crippen MR) is 111 cm³/mol. The van der Waals surface area contributed by atoms with Gasteiger partial charge < -0.3 is 10.2 Å². The molecule has 4 aliphatic rings. The van der Waals surface area contributed by atoms with Crippen LogP contribution in [-0.2, 0) is 0 Å². The predicted octanol–water partition coefficient (Wildman–Crippen LogP) is 3.36. The summed E-state index contributed by atoms with van der Waals surface area (Å²) in [5.74, 6) is 2.90. The number of aromatic nitrogens is 3. The Kier molecular flexibility index (Phi) is 5.98. The SMILES string of the molecule is Cc1c(C(=O)N2CCCC2CC2CC3CCC2C3)nnn1C1CCNCC1.Cl. The van der Waals surface area contributed by atoms with Crippen LogP contribution in [0.1, 0.15) is 80.0 Å². The highest BCUT2D eigenvalue weighted by Gasteiger charge is 2.42. The highest BCUT2D eigenvalue weighted by Crippen LogP contribution is 2.50. The summed E-state index contributed by atoms with van der Waals surface area (Å²) in [4.78, 5) is 15.4. The van der Waals surface area contributed by atoms with Crippen molar-refractivity contribution in [2.75, 3.05) is 19.6 Å². The summed E-state index contributed by atoms with van der Waals surface area (Å²) < 4.78 is 2.01. The van der Waals surface area contributed by atoms with Crippen LogP contribution in [0.25, 0.3) is 0 Å². The summed E-state index contributed by atoms with van der Waals surface area (Å²) in [7, 11) is 0. The minimum absolute atomic E-state index is 0. The third-order valence-electron chi connectivity index (χ3n) is 7.88. The highest BCUT2D eigenvalue weighted by molar-refractivity contribution is 5.93. The van der Waals surface area contributed by atoms with Crippen LogP contribution in [0.2, 0.25) is 0 Å². The molecule has 1 N–H and O–H groups in total. The molecule has 1 aromatic heterocycles. The normalized spacial score (nSPS) is 32.7. The van der Waals surface area contributed by atoms with Crippen LogP contribution in [0.3, 0.4) is 0 Å². The van der Waals surface area contributed by atoms with Crippen LogP contribution >= 0.6 is 12.4 Å². The molecule has 4 unspecified atom stereocenters. The minimum Gasteiger partial charge on any atom is -0.334 e. The lowest BCUT2D eigenvalue weighted by Crippen LogP contribution is -2.38. The molecule has 2 bridgehead atoms. The van der Waals surface area contributed by atoms with Gasteiger partial charge in [0.05, 0.1) is 11.7 Å². The summed E-state index contributed by atoms with van der Waals surface area (Å²) in [6.45, 7) is 4.95. The average Bonchev–Trinajstić information content (AvgIpc) is 3.46. The number of nitrogens with one attached hydrogen (secondary N) is 1. The van der Waals surface area contributed by atoms with Crippen molar-refractivity contribution >= 4 is 18.3 Å². The number of nitrogens with zero attached hydrogens (tertiary/aromatic N) is 4. The Morgan fingerprint density at radius 3 is 2.68 bits per heavy atom. The molecule has 2 aliphatic heterocycles. The molecule has 156 valence electrons. The number of carbonyl (C=O) groups excluding carboxylic acids is 1. The van der Waals surface area contributed by atoms with Gasteiger partial charge in [0.2, 0.25) is 0 Å². The Morgan fingerprint density at radius 1 is 1.14 bits per heavy atom. The van der Waals surface area contributed by atoms with Gasteiger partial charge in [-0.15, -0.1) is 17.5 Å². The van der Waals surface area contributed by atoms with Crippen LogP contribution in [0.4, 0.5) is 0 Å². The molecule has 7 heteroatoms. The number of piperidine rings is 1. The monoisotopic (exact) mass is 407 g/mol. The van der Waals surface area contributed by atoms with Gasteiger partial charge in [0, 0.05) is 12.6 Å². The first-order chi connectivity index (χ1) is 13.2. The lowest BCUT2D eigenvalue weighted by Gasteiger charge is -2.30. The van der Waals surface area contributed by atoms with Gasteiger partial charge in [-0.3, -0.25) is 4.79 Å². The second-order valence-electron chi connectivity index (χ2n) is 9.41. The minimum atomic E-state index is 0. The van der Waals surface area contributed by atoms with Crippen molar-refractivity contribution in [2.45, 2.75) is 76.8 Å². The van der Waals surface area contributed by atoms with E-state index in [1.165, 1.54) is 38.5 Å². The molecule has 2 aliphatic carbocycles. The van der Waals surface area contributed by atoms with E-state index in [9.17, 15) is 4.79 Å². The fraction of sp³-hybridized carbons (Fsp3) is 0.857. The van der Waals surface area contributed by atoms with E-state index >= 15 is 0 Å². The fourth-order valence-corrected chi connectivity index (χ4v) is 6.44. The summed E-state index contributed by atoms with van der Waals surface area (Å²) in [6, 6.07) is 0.800. The van der Waals surface area contributed by atoms with E-state index in [4.69, 9.17) is 0 Å². The van der Waals surface area contributed by atoms with Crippen LogP contribution in [0.5, 0.6) is 0 Å². The number of halogens is 1. The Labute approximate surface area is 174 Å². The molecule has 4 atom stereocenters. The van der Waals surface area contributed by atoms with Gasteiger partial charge in [-0.25, -0.2) is 4.68 Å². The van der Waals surface area contributed by atoms with E-state index in [0.29, 0.717) is 17.8 Å². The van der Waals surface area contributed by atoms with E-state index in [0.717, 1.165) is 62.3 Å². The molecule has 4 fully saturated rings. The fourth-order valence-electron chi connectivity index (χ4n) is 6.44. The number of hydrogen-bond acceptors (Lipinski definition) is 4. The Bertz CT molecular complexity index is 701. The van der Waals surface area contributed by atoms with Gasteiger partial charge in [-0.1, -0.05) is 11.6 Å². The Hall–Kier alpha value is -1.14. The first kappa shape index (κ1) is 20.1. The molecule has 3 heterocycles. The zero-order valence-electron chi connectivity index (χ0n) is 17.0. The van der Waals surface area contributed by atoms with E-state index < -0.39 is 0 Å². The van der Waals surface area contributed by atoms with Crippen molar-refractivity contribution < 1.29 is 4.79 Å². The van der Waals surface area contributed by atoms with Gasteiger partial charge in [0.15, 0.2) is 5.69 Å². The van der Waals surface area contributed by atoms with E-state index in [1.54, 1.807) is 0 Å². The molecule has 2 saturated carbocycles. The van der Waals surface area contributed by atoms with Crippen molar-refractivity contribution in [1.82, 2.24) is 25.2 Å². The molecule has 6 nitrogen and oxygen atoms in total. The number of carbonyl (C=O) groups is 1. The lowest BCUT2D eigenvalue weighted by molar-refractivity contribution is 0.0701. The molecule has 1 aromatic rings.